The molecule has 27 heavy (non-hydrogen) atoms. The topological polar surface area (TPSA) is 61.4 Å². The number of carbonyl (C=O) groups is 2. The van der Waals surface area contributed by atoms with Crippen molar-refractivity contribution in [2.45, 2.75) is 64.0 Å². The first-order valence-electron chi connectivity index (χ1n) is 10.1. The van der Waals surface area contributed by atoms with Crippen LogP contribution in [0.3, 0.4) is 0 Å². The molecule has 2 atom stereocenters. The first kappa shape index (κ1) is 20.2. The molecule has 0 spiro atoms. The van der Waals surface area contributed by atoms with Crippen molar-refractivity contribution in [2.24, 2.45) is 5.92 Å². The minimum Gasteiger partial charge on any atom is -0.353 e. The summed E-state index contributed by atoms with van der Waals surface area (Å²) in [5.74, 6) is 0.0398. The fourth-order valence-corrected chi connectivity index (χ4v) is 4.29. The van der Waals surface area contributed by atoms with E-state index in [4.69, 9.17) is 11.6 Å². The highest BCUT2D eigenvalue weighted by molar-refractivity contribution is 6.33. The zero-order valence-corrected chi connectivity index (χ0v) is 16.8. The number of carbonyl (C=O) groups excluding carboxylic acids is 2. The predicted molar refractivity (Wildman–Crippen MR) is 109 cm³/mol. The number of piperidine rings is 1. The zero-order valence-electron chi connectivity index (χ0n) is 16.0. The molecule has 0 radical (unpaired) electrons. The third-order valence-corrected chi connectivity index (χ3v) is 6.16. The van der Waals surface area contributed by atoms with E-state index < -0.39 is 0 Å². The number of nitrogens with one attached hydrogen (secondary N) is 2. The van der Waals surface area contributed by atoms with Gasteiger partial charge < -0.3 is 10.6 Å². The predicted octanol–water partition coefficient (Wildman–Crippen LogP) is 3.83. The standard InChI is InChI=1S/C21H30ClN3O2/c1-15(20(26)24-19-12-6-5-11-18(19)22)25-13-7-8-16(14-25)21(27)23-17-9-3-2-4-10-17/h5-6,11-12,15-17H,2-4,7-10,13-14H2,1H3,(H,23,27)(H,24,26). The number of anilines is 1. The highest BCUT2D eigenvalue weighted by Crippen LogP contribution is 2.24. The molecule has 1 aliphatic carbocycles. The molecule has 2 fully saturated rings. The van der Waals surface area contributed by atoms with Gasteiger partial charge in [-0.3, -0.25) is 14.5 Å². The average molecular weight is 392 g/mol. The summed E-state index contributed by atoms with van der Waals surface area (Å²) in [5.41, 5.74) is 0.625. The fraction of sp³-hybridized carbons (Fsp3) is 0.619. The molecule has 2 N–H and O–H groups in total. The van der Waals surface area contributed by atoms with Crippen LogP contribution in [0.15, 0.2) is 24.3 Å². The third kappa shape index (κ3) is 5.45. The lowest BCUT2D eigenvalue weighted by molar-refractivity contribution is -0.130. The highest BCUT2D eigenvalue weighted by atomic mass is 35.5. The first-order valence-corrected chi connectivity index (χ1v) is 10.5. The number of halogens is 1. The van der Waals surface area contributed by atoms with E-state index in [1.807, 2.05) is 19.1 Å². The largest absolute Gasteiger partial charge is 0.353 e. The molecule has 1 aromatic carbocycles. The van der Waals surface area contributed by atoms with Crippen LogP contribution in [0.2, 0.25) is 5.02 Å². The van der Waals surface area contributed by atoms with Gasteiger partial charge in [0.15, 0.2) is 0 Å². The Kier molecular flexibility index (Phi) is 7.13. The van der Waals surface area contributed by atoms with E-state index in [9.17, 15) is 9.59 Å². The maximum absolute atomic E-state index is 12.7. The molecule has 2 amide bonds. The van der Waals surface area contributed by atoms with Crippen molar-refractivity contribution in [3.8, 4) is 0 Å². The van der Waals surface area contributed by atoms with Crippen LogP contribution in [0, 0.1) is 5.92 Å². The second-order valence-electron chi connectivity index (χ2n) is 7.82. The Morgan fingerprint density at radius 3 is 2.59 bits per heavy atom. The van der Waals surface area contributed by atoms with Crippen LogP contribution in [0.25, 0.3) is 0 Å². The Morgan fingerprint density at radius 2 is 1.85 bits per heavy atom. The van der Waals surface area contributed by atoms with Gasteiger partial charge in [0.05, 0.1) is 22.7 Å². The molecule has 1 aromatic rings. The maximum atomic E-state index is 12.7. The van der Waals surface area contributed by atoms with E-state index in [2.05, 4.69) is 15.5 Å². The minimum absolute atomic E-state index is 0.0313. The number of likely N-dealkylation sites (tertiary alicyclic amines) is 1. The van der Waals surface area contributed by atoms with Crippen molar-refractivity contribution in [2.75, 3.05) is 18.4 Å². The molecule has 1 saturated heterocycles. The van der Waals surface area contributed by atoms with Gasteiger partial charge in [-0.25, -0.2) is 0 Å². The Hall–Kier alpha value is -1.59. The van der Waals surface area contributed by atoms with Crippen molar-refractivity contribution in [1.29, 1.82) is 0 Å². The van der Waals surface area contributed by atoms with Gasteiger partial charge in [0.1, 0.15) is 0 Å². The van der Waals surface area contributed by atoms with Crippen molar-refractivity contribution in [3.05, 3.63) is 29.3 Å². The number of benzene rings is 1. The van der Waals surface area contributed by atoms with E-state index in [0.29, 0.717) is 23.3 Å². The molecule has 0 bridgehead atoms. The Morgan fingerprint density at radius 1 is 1.11 bits per heavy atom. The molecule has 2 unspecified atom stereocenters. The van der Waals surface area contributed by atoms with Crippen molar-refractivity contribution in [3.63, 3.8) is 0 Å². The minimum atomic E-state index is -0.299. The van der Waals surface area contributed by atoms with Crippen LogP contribution in [-0.4, -0.2) is 41.9 Å². The van der Waals surface area contributed by atoms with Gasteiger partial charge in [-0.1, -0.05) is 43.0 Å². The van der Waals surface area contributed by atoms with Gasteiger partial charge in [0.2, 0.25) is 11.8 Å². The van der Waals surface area contributed by atoms with Gasteiger partial charge in [-0.05, 0) is 51.3 Å². The summed E-state index contributed by atoms with van der Waals surface area (Å²) in [7, 11) is 0. The van der Waals surface area contributed by atoms with E-state index in [0.717, 1.165) is 32.2 Å². The number of hydrogen-bond acceptors (Lipinski definition) is 3. The Labute approximate surface area is 166 Å². The van der Waals surface area contributed by atoms with Gasteiger partial charge in [-0.2, -0.15) is 0 Å². The lowest BCUT2D eigenvalue weighted by Crippen LogP contribution is -2.51. The molecule has 2 aliphatic rings. The molecule has 148 valence electrons. The van der Waals surface area contributed by atoms with Crippen LogP contribution in [0.5, 0.6) is 0 Å². The number of rotatable bonds is 5. The quantitative estimate of drug-likeness (QED) is 0.801. The normalized spacial score (nSPS) is 22.8. The number of hydrogen-bond donors (Lipinski definition) is 2. The Bertz CT molecular complexity index is 661. The summed E-state index contributed by atoms with van der Waals surface area (Å²) < 4.78 is 0. The van der Waals surface area contributed by atoms with Crippen LogP contribution in [-0.2, 0) is 9.59 Å². The summed E-state index contributed by atoms with van der Waals surface area (Å²) in [5, 5.41) is 6.67. The summed E-state index contributed by atoms with van der Waals surface area (Å²) in [4.78, 5) is 27.4. The summed E-state index contributed by atoms with van der Waals surface area (Å²) >= 11 is 6.13. The lowest BCUT2D eigenvalue weighted by atomic mass is 9.92. The summed E-state index contributed by atoms with van der Waals surface area (Å²) in [6.07, 6.45) is 7.72. The molecule has 1 heterocycles. The molecule has 1 aliphatic heterocycles. The average Bonchev–Trinajstić information content (AvgIpc) is 2.70. The maximum Gasteiger partial charge on any atom is 0.241 e. The number of amides is 2. The molecule has 1 saturated carbocycles. The third-order valence-electron chi connectivity index (χ3n) is 5.83. The van der Waals surface area contributed by atoms with Crippen molar-refractivity contribution >= 4 is 29.1 Å². The molecular weight excluding hydrogens is 362 g/mol. The van der Waals surface area contributed by atoms with Gasteiger partial charge >= 0.3 is 0 Å². The Balaban J connectivity index is 1.54. The van der Waals surface area contributed by atoms with Crippen LogP contribution in [0.4, 0.5) is 5.69 Å². The number of para-hydroxylation sites is 1. The highest BCUT2D eigenvalue weighted by Gasteiger charge is 2.32. The summed E-state index contributed by atoms with van der Waals surface area (Å²) in [6, 6.07) is 7.27. The second kappa shape index (κ2) is 9.56. The van der Waals surface area contributed by atoms with Crippen molar-refractivity contribution < 1.29 is 9.59 Å². The van der Waals surface area contributed by atoms with Crippen LogP contribution >= 0.6 is 11.6 Å². The fourth-order valence-electron chi connectivity index (χ4n) is 4.10. The molecule has 6 heteroatoms. The van der Waals surface area contributed by atoms with Gasteiger partial charge in [-0.15, -0.1) is 0 Å². The second-order valence-corrected chi connectivity index (χ2v) is 8.23. The van der Waals surface area contributed by atoms with Gasteiger partial charge in [0, 0.05) is 12.6 Å². The molecular formula is C21H30ClN3O2. The smallest absolute Gasteiger partial charge is 0.241 e. The van der Waals surface area contributed by atoms with E-state index in [-0.39, 0.29) is 23.8 Å². The number of nitrogens with zero attached hydrogens (tertiary/aromatic N) is 1. The van der Waals surface area contributed by atoms with Gasteiger partial charge in [0.25, 0.3) is 0 Å². The monoisotopic (exact) mass is 391 g/mol. The van der Waals surface area contributed by atoms with E-state index in [1.165, 1.54) is 19.3 Å². The lowest BCUT2D eigenvalue weighted by Gasteiger charge is -2.36. The molecule has 5 nitrogen and oxygen atoms in total. The zero-order chi connectivity index (χ0) is 19.2. The molecule has 0 aromatic heterocycles. The van der Waals surface area contributed by atoms with Crippen LogP contribution < -0.4 is 10.6 Å². The molecule has 3 rings (SSSR count). The summed E-state index contributed by atoms with van der Waals surface area (Å²) in [6.45, 7) is 3.37. The van der Waals surface area contributed by atoms with E-state index >= 15 is 0 Å². The SMILES string of the molecule is CC(C(=O)Nc1ccccc1Cl)N1CCCC(C(=O)NC2CCCCC2)C1. The first-order chi connectivity index (χ1) is 13.0. The van der Waals surface area contributed by atoms with Crippen molar-refractivity contribution in [1.82, 2.24) is 10.2 Å². The van der Waals surface area contributed by atoms with Crippen LogP contribution in [0.1, 0.15) is 51.9 Å². The van der Waals surface area contributed by atoms with E-state index in [1.54, 1.807) is 12.1 Å².